The van der Waals surface area contributed by atoms with Crippen molar-refractivity contribution >= 4 is 5.91 Å². The van der Waals surface area contributed by atoms with Crippen molar-refractivity contribution in [2.45, 2.75) is 32.1 Å². The molecule has 4 heteroatoms. The quantitative estimate of drug-likeness (QED) is 0.905. The third-order valence-corrected chi connectivity index (χ3v) is 3.82. The van der Waals surface area contributed by atoms with Crippen molar-refractivity contribution in [3.63, 3.8) is 0 Å². The maximum absolute atomic E-state index is 10.9. The molecule has 0 radical (unpaired) electrons. The number of hydrogen-bond donors (Lipinski definition) is 1. The molecule has 0 bridgehead atoms. The topological polar surface area (TPSA) is 47.6 Å². The number of nitrogens with one attached hydrogen (secondary N) is 1. The van der Waals surface area contributed by atoms with Gasteiger partial charge in [-0.2, -0.15) is 0 Å². The lowest BCUT2D eigenvalue weighted by Crippen LogP contribution is -2.23. The molecule has 4 nitrogen and oxygen atoms in total. The maximum Gasteiger partial charge on any atom is 0.216 e. The average Bonchev–Trinajstić information content (AvgIpc) is 2.82. The number of benzene rings is 1. The summed E-state index contributed by atoms with van der Waals surface area (Å²) in [7, 11) is 0. The Balaban J connectivity index is 1.80. The predicted molar refractivity (Wildman–Crippen MR) is 71.8 cm³/mol. The van der Waals surface area contributed by atoms with Crippen molar-refractivity contribution < 1.29 is 14.3 Å². The number of fused-ring (bicyclic) bond motifs is 3. The molecule has 2 aliphatic heterocycles. The van der Waals surface area contributed by atoms with Crippen molar-refractivity contribution in [1.82, 2.24) is 5.32 Å². The maximum atomic E-state index is 10.9. The molecule has 1 amide bonds. The number of hydrogen-bond acceptors (Lipinski definition) is 3. The first-order valence-corrected chi connectivity index (χ1v) is 6.91. The van der Waals surface area contributed by atoms with E-state index in [0.29, 0.717) is 19.1 Å². The summed E-state index contributed by atoms with van der Waals surface area (Å²) in [6.07, 6.45) is 3.06. The van der Waals surface area contributed by atoms with Crippen LogP contribution < -0.4 is 14.8 Å². The molecule has 0 saturated heterocycles. The molecule has 3 rings (SSSR count). The van der Waals surface area contributed by atoms with Gasteiger partial charge in [0.25, 0.3) is 0 Å². The van der Waals surface area contributed by atoms with Crippen LogP contribution in [0.4, 0.5) is 0 Å². The van der Waals surface area contributed by atoms with Gasteiger partial charge < -0.3 is 14.8 Å². The Morgan fingerprint density at radius 1 is 1.37 bits per heavy atom. The van der Waals surface area contributed by atoms with Gasteiger partial charge in [0.2, 0.25) is 5.91 Å². The summed E-state index contributed by atoms with van der Waals surface area (Å²) in [5.41, 5.74) is 2.62. The lowest BCUT2D eigenvalue weighted by molar-refractivity contribution is -0.118. The highest BCUT2D eigenvalue weighted by atomic mass is 16.5. The summed E-state index contributed by atoms with van der Waals surface area (Å²) in [6.45, 7) is 3.77. The minimum atomic E-state index is 0.0255. The number of ether oxygens (including phenoxy) is 2. The number of rotatable bonds is 3. The zero-order valence-electron chi connectivity index (χ0n) is 11.2. The van der Waals surface area contributed by atoms with E-state index in [2.05, 4.69) is 5.32 Å². The first-order chi connectivity index (χ1) is 9.25. The van der Waals surface area contributed by atoms with Crippen LogP contribution in [0.1, 0.15) is 36.8 Å². The molecule has 2 aliphatic rings. The highest BCUT2D eigenvalue weighted by Crippen LogP contribution is 2.43. The molecule has 1 N–H and O–H groups in total. The minimum Gasteiger partial charge on any atom is -0.493 e. The molecule has 1 aromatic carbocycles. The Labute approximate surface area is 113 Å². The molecule has 102 valence electrons. The Bertz CT molecular complexity index is 498. The van der Waals surface area contributed by atoms with Gasteiger partial charge >= 0.3 is 0 Å². The highest BCUT2D eigenvalue weighted by Gasteiger charge is 2.29. The average molecular weight is 261 g/mol. The van der Waals surface area contributed by atoms with E-state index >= 15 is 0 Å². The molecule has 1 aromatic rings. The molecule has 0 saturated carbocycles. The van der Waals surface area contributed by atoms with Crippen molar-refractivity contribution in [2.75, 3.05) is 19.8 Å². The standard InChI is InChI=1S/C15H19NO3/c1-10(17)16-7-6-11-9-19-14-5-4-13-12(15(11)14)3-2-8-18-13/h4-5,11H,2-3,6-9H2,1H3,(H,16,17)/t11-/m1/s1. The fraction of sp³-hybridized carbons (Fsp3) is 0.533. The van der Waals surface area contributed by atoms with Crippen molar-refractivity contribution in [3.05, 3.63) is 23.3 Å². The van der Waals surface area contributed by atoms with Crippen LogP contribution in [0.5, 0.6) is 11.5 Å². The minimum absolute atomic E-state index is 0.0255. The van der Waals surface area contributed by atoms with E-state index in [1.165, 1.54) is 11.1 Å². The van der Waals surface area contributed by atoms with Crippen molar-refractivity contribution in [3.8, 4) is 11.5 Å². The van der Waals surface area contributed by atoms with Crippen LogP contribution in [0, 0.1) is 0 Å². The van der Waals surface area contributed by atoms with E-state index in [1.807, 2.05) is 12.1 Å². The fourth-order valence-corrected chi connectivity index (χ4v) is 2.94. The Hall–Kier alpha value is -1.71. The van der Waals surface area contributed by atoms with Gasteiger partial charge in [0.1, 0.15) is 11.5 Å². The van der Waals surface area contributed by atoms with Crippen LogP contribution in [0.3, 0.4) is 0 Å². The fourth-order valence-electron chi connectivity index (χ4n) is 2.94. The van der Waals surface area contributed by atoms with E-state index in [1.54, 1.807) is 6.92 Å². The summed E-state index contributed by atoms with van der Waals surface area (Å²) in [5.74, 6) is 2.41. The molecule has 19 heavy (non-hydrogen) atoms. The first-order valence-electron chi connectivity index (χ1n) is 6.91. The van der Waals surface area contributed by atoms with Gasteiger partial charge in [0.15, 0.2) is 0 Å². The van der Waals surface area contributed by atoms with E-state index in [9.17, 15) is 4.79 Å². The molecule has 0 spiro atoms. The lowest BCUT2D eigenvalue weighted by atomic mass is 9.89. The molecule has 1 atom stereocenters. The van der Waals surface area contributed by atoms with Gasteiger partial charge in [-0.3, -0.25) is 4.79 Å². The first kappa shape index (κ1) is 12.3. The zero-order valence-corrected chi connectivity index (χ0v) is 11.2. The normalized spacial score (nSPS) is 19.9. The monoisotopic (exact) mass is 261 g/mol. The van der Waals surface area contributed by atoms with Crippen LogP contribution in [-0.4, -0.2) is 25.7 Å². The van der Waals surface area contributed by atoms with Gasteiger partial charge in [-0.25, -0.2) is 0 Å². The van der Waals surface area contributed by atoms with Gasteiger partial charge in [0, 0.05) is 30.5 Å². The SMILES string of the molecule is CC(=O)NCC[C@@H]1COc2ccc3c(c21)CCCO3. The Kier molecular flexibility index (Phi) is 3.32. The van der Waals surface area contributed by atoms with Gasteiger partial charge in [0.05, 0.1) is 13.2 Å². The molecule has 0 aliphatic carbocycles. The Morgan fingerprint density at radius 2 is 2.21 bits per heavy atom. The molecule has 2 heterocycles. The van der Waals surface area contributed by atoms with Gasteiger partial charge in [-0.1, -0.05) is 0 Å². The van der Waals surface area contributed by atoms with Crippen LogP contribution in [0.25, 0.3) is 0 Å². The summed E-state index contributed by atoms with van der Waals surface area (Å²) in [4.78, 5) is 10.9. The van der Waals surface area contributed by atoms with Gasteiger partial charge in [-0.15, -0.1) is 0 Å². The second kappa shape index (κ2) is 5.11. The summed E-state index contributed by atoms with van der Waals surface area (Å²) in [6, 6.07) is 4.03. The number of carbonyl (C=O) groups excluding carboxylic acids is 1. The summed E-state index contributed by atoms with van der Waals surface area (Å²) in [5, 5.41) is 2.86. The van der Waals surface area contributed by atoms with E-state index in [0.717, 1.165) is 37.4 Å². The second-order valence-corrected chi connectivity index (χ2v) is 5.19. The molecule has 0 aromatic heterocycles. The lowest BCUT2D eigenvalue weighted by Gasteiger charge is -2.21. The number of carbonyl (C=O) groups is 1. The Morgan fingerprint density at radius 3 is 3.05 bits per heavy atom. The van der Waals surface area contributed by atoms with Crippen LogP contribution in [0.2, 0.25) is 0 Å². The van der Waals surface area contributed by atoms with E-state index in [4.69, 9.17) is 9.47 Å². The largest absolute Gasteiger partial charge is 0.493 e. The van der Waals surface area contributed by atoms with E-state index in [-0.39, 0.29) is 5.91 Å². The highest BCUT2D eigenvalue weighted by molar-refractivity contribution is 5.72. The third-order valence-electron chi connectivity index (χ3n) is 3.82. The summed E-state index contributed by atoms with van der Waals surface area (Å²) >= 11 is 0. The third kappa shape index (κ3) is 2.39. The smallest absolute Gasteiger partial charge is 0.216 e. The summed E-state index contributed by atoms with van der Waals surface area (Å²) < 4.78 is 11.5. The second-order valence-electron chi connectivity index (χ2n) is 5.19. The number of amides is 1. The van der Waals surface area contributed by atoms with Crippen LogP contribution in [0.15, 0.2) is 12.1 Å². The van der Waals surface area contributed by atoms with Crippen molar-refractivity contribution in [2.24, 2.45) is 0 Å². The van der Waals surface area contributed by atoms with Crippen LogP contribution in [-0.2, 0) is 11.2 Å². The van der Waals surface area contributed by atoms with E-state index < -0.39 is 0 Å². The zero-order chi connectivity index (χ0) is 13.2. The molecular weight excluding hydrogens is 242 g/mol. The molecule has 0 fully saturated rings. The molecule has 0 unspecified atom stereocenters. The molecular formula is C15H19NO3. The van der Waals surface area contributed by atoms with Crippen LogP contribution >= 0.6 is 0 Å². The predicted octanol–water partition coefficient (Wildman–Crippen LogP) is 2.01. The van der Waals surface area contributed by atoms with Gasteiger partial charge in [-0.05, 0) is 31.4 Å². The van der Waals surface area contributed by atoms with Crippen molar-refractivity contribution in [1.29, 1.82) is 0 Å².